The van der Waals surface area contributed by atoms with Crippen LogP contribution in [0, 0.1) is 0 Å². The molecule has 0 unspecified atom stereocenters. The first-order chi connectivity index (χ1) is 10.5. The molecule has 0 N–H and O–H groups in total. The summed E-state index contributed by atoms with van der Waals surface area (Å²) in [6.45, 7) is 7.06. The molecule has 22 heavy (non-hydrogen) atoms. The van der Waals surface area contributed by atoms with Crippen LogP contribution in [0.4, 0.5) is 0 Å². The van der Waals surface area contributed by atoms with Crippen LogP contribution in [0.2, 0.25) is 19.6 Å². The van der Waals surface area contributed by atoms with Crippen LogP contribution in [0.5, 0.6) is 5.75 Å². The van der Waals surface area contributed by atoms with Crippen molar-refractivity contribution < 1.29 is 4.74 Å². The Bertz CT molecular complexity index is 646. The molecule has 0 aliphatic rings. The summed E-state index contributed by atoms with van der Waals surface area (Å²) < 4.78 is 5.25. The monoisotopic (exact) mass is 308 g/mol. The summed E-state index contributed by atoms with van der Waals surface area (Å²) in [5.74, 6) is 0.892. The molecule has 0 saturated carbocycles. The van der Waals surface area contributed by atoms with Crippen molar-refractivity contribution in [1.29, 1.82) is 0 Å². The Labute approximate surface area is 135 Å². The highest BCUT2D eigenvalue weighted by molar-refractivity contribution is 6.81. The van der Waals surface area contributed by atoms with Crippen LogP contribution < -0.4 is 4.74 Å². The van der Waals surface area contributed by atoms with Gasteiger partial charge in [-0.05, 0) is 28.8 Å². The van der Waals surface area contributed by atoms with Crippen molar-refractivity contribution in [3.63, 3.8) is 0 Å². The number of methoxy groups -OCH3 is 1. The maximum absolute atomic E-state index is 5.25. The molecule has 2 aromatic rings. The second-order valence-corrected chi connectivity index (χ2v) is 11.5. The van der Waals surface area contributed by atoms with Gasteiger partial charge in [0.1, 0.15) is 5.75 Å². The van der Waals surface area contributed by atoms with Gasteiger partial charge in [0.15, 0.2) is 0 Å². The average Bonchev–Trinajstić information content (AvgIpc) is 2.51. The van der Waals surface area contributed by atoms with Crippen LogP contribution in [0.3, 0.4) is 0 Å². The topological polar surface area (TPSA) is 9.23 Å². The van der Waals surface area contributed by atoms with E-state index in [1.54, 1.807) is 7.11 Å². The highest BCUT2D eigenvalue weighted by atomic mass is 28.3. The third kappa shape index (κ3) is 5.04. The second-order valence-electron chi connectivity index (χ2n) is 6.44. The van der Waals surface area contributed by atoms with Crippen molar-refractivity contribution >= 4 is 19.7 Å². The summed E-state index contributed by atoms with van der Waals surface area (Å²) >= 11 is 0. The number of benzene rings is 2. The molecular formula is C20H24OSi. The fraction of sp³-hybridized carbons (Fsp3) is 0.200. The van der Waals surface area contributed by atoms with Gasteiger partial charge in [-0.15, -0.1) is 0 Å². The fourth-order valence-corrected chi connectivity index (χ4v) is 3.42. The number of hydrogen-bond donors (Lipinski definition) is 0. The maximum atomic E-state index is 5.25. The molecule has 0 heterocycles. The molecule has 0 amide bonds. The van der Waals surface area contributed by atoms with Crippen molar-refractivity contribution in [1.82, 2.24) is 0 Å². The Balaban J connectivity index is 2.34. The Morgan fingerprint density at radius 1 is 0.909 bits per heavy atom. The molecular weight excluding hydrogens is 284 g/mol. The number of rotatable bonds is 5. The lowest BCUT2D eigenvalue weighted by Gasteiger charge is -2.13. The fourth-order valence-electron chi connectivity index (χ4n) is 2.23. The summed E-state index contributed by atoms with van der Waals surface area (Å²) in [4.78, 5) is 0. The molecule has 114 valence electrons. The molecule has 0 aromatic heterocycles. The normalized spacial score (nSPS) is 12.6. The molecule has 2 heteroatoms. The Hall–Kier alpha value is -2.06. The van der Waals surface area contributed by atoms with E-state index in [0.717, 1.165) is 5.75 Å². The SMILES string of the molecule is COc1ccc(C(/C=C\c2ccccc2)=C\[Si](C)(C)C)cc1. The molecule has 0 radical (unpaired) electrons. The van der Waals surface area contributed by atoms with Crippen LogP contribution in [-0.4, -0.2) is 15.2 Å². The van der Waals surface area contributed by atoms with E-state index < -0.39 is 8.07 Å². The van der Waals surface area contributed by atoms with Crippen LogP contribution in [-0.2, 0) is 0 Å². The number of hydrogen-bond acceptors (Lipinski definition) is 1. The summed E-state index contributed by atoms with van der Waals surface area (Å²) in [5, 5.41) is 0. The lowest BCUT2D eigenvalue weighted by atomic mass is 10.1. The van der Waals surface area contributed by atoms with E-state index in [-0.39, 0.29) is 0 Å². The third-order valence-corrected chi connectivity index (χ3v) is 4.44. The standard InChI is InChI=1S/C20H24OSi/c1-21-20-14-12-18(13-15-20)19(16-22(2,3)4)11-10-17-8-6-5-7-9-17/h5-16H,1-4H3/b11-10-,19-16-. The highest BCUT2D eigenvalue weighted by Gasteiger charge is 2.11. The minimum Gasteiger partial charge on any atom is -0.497 e. The van der Waals surface area contributed by atoms with E-state index >= 15 is 0 Å². The molecule has 0 bridgehead atoms. The Morgan fingerprint density at radius 2 is 1.55 bits per heavy atom. The Morgan fingerprint density at radius 3 is 2.09 bits per heavy atom. The first kappa shape index (κ1) is 16.3. The smallest absolute Gasteiger partial charge is 0.118 e. The van der Waals surface area contributed by atoms with Crippen LogP contribution in [0.1, 0.15) is 11.1 Å². The second kappa shape index (κ2) is 7.28. The molecule has 2 aromatic carbocycles. The van der Waals surface area contributed by atoms with Crippen LogP contribution >= 0.6 is 0 Å². The summed E-state index contributed by atoms with van der Waals surface area (Å²) in [7, 11) is 0.390. The van der Waals surface area contributed by atoms with Crippen LogP contribution in [0.15, 0.2) is 66.4 Å². The molecule has 0 spiro atoms. The third-order valence-electron chi connectivity index (χ3n) is 3.27. The lowest BCUT2D eigenvalue weighted by molar-refractivity contribution is 0.415. The largest absolute Gasteiger partial charge is 0.497 e. The van der Waals surface area contributed by atoms with Crippen molar-refractivity contribution in [2.45, 2.75) is 19.6 Å². The lowest BCUT2D eigenvalue weighted by Crippen LogP contribution is -2.16. The zero-order valence-corrected chi connectivity index (χ0v) is 14.8. The first-order valence-corrected chi connectivity index (χ1v) is 11.2. The molecule has 0 saturated heterocycles. The Kier molecular flexibility index (Phi) is 5.39. The maximum Gasteiger partial charge on any atom is 0.118 e. The predicted molar refractivity (Wildman–Crippen MR) is 99.8 cm³/mol. The summed E-state index contributed by atoms with van der Waals surface area (Å²) in [6, 6.07) is 18.7. The van der Waals surface area contributed by atoms with Gasteiger partial charge in [-0.25, -0.2) is 0 Å². The quantitative estimate of drug-likeness (QED) is 0.511. The first-order valence-electron chi connectivity index (χ1n) is 7.58. The van der Waals surface area contributed by atoms with Gasteiger partial charge in [-0.2, -0.15) is 0 Å². The van der Waals surface area contributed by atoms with Gasteiger partial charge < -0.3 is 4.74 Å². The van der Waals surface area contributed by atoms with Crippen molar-refractivity contribution in [2.75, 3.05) is 7.11 Å². The molecule has 0 aliphatic carbocycles. The van der Waals surface area contributed by atoms with Gasteiger partial charge in [0.2, 0.25) is 0 Å². The van der Waals surface area contributed by atoms with Gasteiger partial charge in [-0.3, -0.25) is 0 Å². The van der Waals surface area contributed by atoms with Gasteiger partial charge in [-0.1, -0.05) is 80.0 Å². The minimum atomic E-state index is -1.31. The molecule has 0 aliphatic heterocycles. The molecule has 1 nitrogen and oxygen atoms in total. The number of ether oxygens (including phenoxy) is 1. The van der Waals surface area contributed by atoms with Gasteiger partial charge in [0.25, 0.3) is 0 Å². The van der Waals surface area contributed by atoms with E-state index in [1.807, 2.05) is 18.2 Å². The molecule has 2 rings (SSSR count). The predicted octanol–water partition coefficient (Wildman–Crippen LogP) is 5.67. The summed E-state index contributed by atoms with van der Waals surface area (Å²) in [6.07, 6.45) is 4.39. The zero-order chi connectivity index (χ0) is 16.0. The van der Waals surface area contributed by atoms with Crippen molar-refractivity contribution in [3.8, 4) is 5.75 Å². The number of allylic oxidation sites excluding steroid dienone is 2. The van der Waals surface area contributed by atoms with E-state index in [9.17, 15) is 0 Å². The highest BCUT2D eigenvalue weighted by Crippen LogP contribution is 2.23. The van der Waals surface area contributed by atoms with E-state index in [2.05, 4.69) is 73.9 Å². The van der Waals surface area contributed by atoms with Crippen LogP contribution in [0.25, 0.3) is 11.6 Å². The average molecular weight is 308 g/mol. The van der Waals surface area contributed by atoms with E-state index in [0.29, 0.717) is 0 Å². The molecule has 0 fully saturated rings. The van der Waals surface area contributed by atoms with Crippen molar-refractivity contribution in [2.24, 2.45) is 0 Å². The minimum absolute atomic E-state index is 0.892. The zero-order valence-electron chi connectivity index (χ0n) is 13.8. The summed E-state index contributed by atoms with van der Waals surface area (Å²) in [5.41, 5.74) is 6.17. The van der Waals surface area contributed by atoms with Gasteiger partial charge >= 0.3 is 0 Å². The van der Waals surface area contributed by atoms with Crippen molar-refractivity contribution in [3.05, 3.63) is 77.5 Å². The van der Waals surface area contributed by atoms with E-state index in [4.69, 9.17) is 4.74 Å². The molecule has 0 atom stereocenters. The van der Waals surface area contributed by atoms with E-state index in [1.165, 1.54) is 16.7 Å². The van der Waals surface area contributed by atoms with Gasteiger partial charge in [0, 0.05) is 0 Å². The van der Waals surface area contributed by atoms with Gasteiger partial charge in [0.05, 0.1) is 15.2 Å².